The average molecular weight is 328 g/mol. The number of alkyl halides is 3. The van der Waals surface area contributed by atoms with Crippen molar-refractivity contribution in [2.24, 2.45) is 5.92 Å². The van der Waals surface area contributed by atoms with Crippen LogP contribution in [0.3, 0.4) is 0 Å². The van der Waals surface area contributed by atoms with E-state index in [4.69, 9.17) is 0 Å². The highest BCUT2D eigenvalue weighted by Crippen LogP contribution is 2.33. The molecule has 0 N–H and O–H groups in total. The Bertz CT molecular complexity index is 541. The Balaban J connectivity index is 2.14. The van der Waals surface area contributed by atoms with E-state index in [1.807, 2.05) is 18.7 Å². The second kappa shape index (κ2) is 7.23. The molecule has 1 unspecified atom stereocenters. The third kappa shape index (κ3) is 4.18. The zero-order chi connectivity index (χ0) is 17.0. The number of piperidine rings is 1. The van der Waals surface area contributed by atoms with Gasteiger partial charge in [-0.2, -0.15) is 13.2 Å². The summed E-state index contributed by atoms with van der Waals surface area (Å²) in [5, 5.41) is 0. The number of nitrogens with zero attached hydrogens (tertiary/aromatic N) is 2. The minimum atomic E-state index is -4.35. The smallest absolute Gasteiger partial charge is 0.371 e. The Hall–Kier alpha value is -1.72. The van der Waals surface area contributed by atoms with Crippen LogP contribution in [-0.4, -0.2) is 37.0 Å². The SMILES string of the molecule is CCN(CC)C(=O)C1CCCN(c2cccc(C(F)(F)F)c2)C1. The molecule has 1 aliphatic heterocycles. The highest BCUT2D eigenvalue weighted by atomic mass is 19.4. The summed E-state index contributed by atoms with van der Waals surface area (Å²) < 4.78 is 38.6. The quantitative estimate of drug-likeness (QED) is 0.839. The molecule has 1 amide bonds. The van der Waals surface area contributed by atoms with Gasteiger partial charge in [0.1, 0.15) is 0 Å². The van der Waals surface area contributed by atoms with Crippen LogP contribution >= 0.6 is 0 Å². The van der Waals surface area contributed by atoms with Crippen LogP contribution in [0.25, 0.3) is 0 Å². The molecule has 0 aliphatic carbocycles. The second-order valence-electron chi connectivity index (χ2n) is 5.84. The largest absolute Gasteiger partial charge is 0.416 e. The number of carbonyl (C=O) groups is 1. The Kier molecular flexibility index (Phi) is 5.55. The summed E-state index contributed by atoms with van der Waals surface area (Å²) in [6.45, 7) is 6.37. The molecule has 2 rings (SSSR count). The van der Waals surface area contributed by atoms with Crippen molar-refractivity contribution in [1.82, 2.24) is 4.90 Å². The molecule has 1 heterocycles. The molecule has 23 heavy (non-hydrogen) atoms. The standard InChI is InChI=1S/C17H23F3N2O/c1-3-21(4-2)16(23)13-7-6-10-22(12-13)15-9-5-8-14(11-15)17(18,19)20/h5,8-9,11,13H,3-4,6-7,10,12H2,1-2H3. The van der Waals surface area contributed by atoms with Crippen molar-refractivity contribution in [1.29, 1.82) is 0 Å². The fraction of sp³-hybridized carbons (Fsp3) is 0.588. The number of hydrogen-bond donors (Lipinski definition) is 0. The number of benzene rings is 1. The van der Waals surface area contributed by atoms with Crippen molar-refractivity contribution in [3.05, 3.63) is 29.8 Å². The van der Waals surface area contributed by atoms with Gasteiger partial charge in [-0.1, -0.05) is 6.07 Å². The molecule has 1 aliphatic rings. The molecular formula is C17H23F3N2O. The van der Waals surface area contributed by atoms with Gasteiger partial charge < -0.3 is 9.80 Å². The number of carbonyl (C=O) groups excluding carboxylic acids is 1. The van der Waals surface area contributed by atoms with Gasteiger partial charge in [0.25, 0.3) is 0 Å². The first-order valence-corrected chi connectivity index (χ1v) is 8.07. The molecule has 0 bridgehead atoms. The van der Waals surface area contributed by atoms with Gasteiger partial charge in [0, 0.05) is 31.9 Å². The van der Waals surface area contributed by atoms with E-state index in [9.17, 15) is 18.0 Å². The average Bonchev–Trinajstić information content (AvgIpc) is 2.55. The molecule has 128 valence electrons. The van der Waals surface area contributed by atoms with Gasteiger partial charge in [-0.25, -0.2) is 0 Å². The Morgan fingerprint density at radius 2 is 2.00 bits per heavy atom. The highest BCUT2D eigenvalue weighted by molar-refractivity contribution is 5.79. The summed E-state index contributed by atoms with van der Waals surface area (Å²) in [5.41, 5.74) is -0.107. The van der Waals surface area contributed by atoms with E-state index in [1.54, 1.807) is 11.0 Å². The van der Waals surface area contributed by atoms with Gasteiger partial charge in [-0.05, 0) is 44.9 Å². The maximum Gasteiger partial charge on any atom is 0.416 e. The van der Waals surface area contributed by atoms with Crippen LogP contribution in [0.15, 0.2) is 24.3 Å². The molecule has 1 aromatic carbocycles. The number of rotatable bonds is 4. The molecule has 0 saturated carbocycles. The lowest BCUT2D eigenvalue weighted by atomic mass is 9.95. The number of amides is 1. The van der Waals surface area contributed by atoms with Crippen LogP contribution in [0.2, 0.25) is 0 Å². The molecule has 1 atom stereocenters. The predicted octanol–water partition coefficient (Wildman–Crippen LogP) is 3.79. The van der Waals surface area contributed by atoms with Gasteiger partial charge in [0.2, 0.25) is 5.91 Å². The molecule has 1 aromatic rings. The van der Waals surface area contributed by atoms with E-state index in [0.717, 1.165) is 18.9 Å². The maximum absolute atomic E-state index is 12.9. The lowest BCUT2D eigenvalue weighted by Gasteiger charge is -2.36. The van der Waals surface area contributed by atoms with Crippen LogP contribution in [-0.2, 0) is 11.0 Å². The molecule has 0 aromatic heterocycles. The monoisotopic (exact) mass is 328 g/mol. The van der Waals surface area contributed by atoms with Crippen molar-refractivity contribution >= 4 is 11.6 Å². The molecule has 6 heteroatoms. The predicted molar refractivity (Wildman–Crippen MR) is 84.3 cm³/mol. The lowest BCUT2D eigenvalue weighted by molar-refractivity contribution is -0.138. The van der Waals surface area contributed by atoms with Crippen molar-refractivity contribution in [3.63, 3.8) is 0 Å². The molecule has 3 nitrogen and oxygen atoms in total. The first kappa shape index (κ1) is 17.6. The van der Waals surface area contributed by atoms with Crippen LogP contribution < -0.4 is 4.90 Å². The van der Waals surface area contributed by atoms with Crippen molar-refractivity contribution in [2.45, 2.75) is 32.9 Å². The number of halogens is 3. The van der Waals surface area contributed by atoms with Gasteiger partial charge in [-0.3, -0.25) is 4.79 Å². The van der Waals surface area contributed by atoms with Crippen LogP contribution in [0.1, 0.15) is 32.3 Å². The summed E-state index contributed by atoms with van der Waals surface area (Å²) in [6.07, 6.45) is -2.74. The lowest BCUT2D eigenvalue weighted by Crippen LogP contribution is -2.44. The van der Waals surface area contributed by atoms with E-state index in [0.29, 0.717) is 31.9 Å². The maximum atomic E-state index is 12.9. The summed E-state index contributed by atoms with van der Waals surface area (Å²) in [4.78, 5) is 16.2. The topological polar surface area (TPSA) is 23.6 Å². The third-order valence-electron chi connectivity index (χ3n) is 4.38. The highest BCUT2D eigenvalue weighted by Gasteiger charge is 2.32. The van der Waals surface area contributed by atoms with E-state index < -0.39 is 11.7 Å². The Morgan fingerprint density at radius 3 is 2.61 bits per heavy atom. The zero-order valence-electron chi connectivity index (χ0n) is 13.6. The minimum Gasteiger partial charge on any atom is -0.371 e. The Morgan fingerprint density at radius 1 is 1.30 bits per heavy atom. The molecule has 1 fully saturated rings. The summed E-state index contributed by atoms with van der Waals surface area (Å²) in [5.74, 6) is -0.0372. The third-order valence-corrected chi connectivity index (χ3v) is 4.38. The van der Waals surface area contributed by atoms with Crippen molar-refractivity contribution in [3.8, 4) is 0 Å². The van der Waals surface area contributed by atoms with Crippen LogP contribution in [0.4, 0.5) is 18.9 Å². The van der Waals surface area contributed by atoms with Crippen molar-refractivity contribution < 1.29 is 18.0 Å². The van der Waals surface area contributed by atoms with Crippen molar-refractivity contribution in [2.75, 3.05) is 31.1 Å². The zero-order valence-corrected chi connectivity index (χ0v) is 13.6. The van der Waals surface area contributed by atoms with E-state index >= 15 is 0 Å². The van der Waals surface area contributed by atoms with Gasteiger partial charge >= 0.3 is 6.18 Å². The van der Waals surface area contributed by atoms with Gasteiger partial charge in [-0.15, -0.1) is 0 Å². The molecule has 0 spiro atoms. The molecule has 0 radical (unpaired) electrons. The molecule has 1 saturated heterocycles. The molecular weight excluding hydrogens is 305 g/mol. The minimum absolute atomic E-state index is 0.103. The van der Waals surface area contributed by atoms with E-state index in [1.165, 1.54) is 12.1 Å². The normalized spacial score (nSPS) is 18.8. The number of hydrogen-bond acceptors (Lipinski definition) is 2. The summed E-state index contributed by atoms with van der Waals surface area (Å²) in [7, 11) is 0. The second-order valence-corrected chi connectivity index (χ2v) is 5.84. The van der Waals surface area contributed by atoms with Gasteiger partial charge in [0.05, 0.1) is 11.5 Å². The first-order chi connectivity index (χ1) is 10.9. The van der Waals surface area contributed by atoms with E-state index in [2.05, 4.69) is 0 Å². The first-order valence-electron chi connectivity index (χ1n) is 8.07. The fourth-order valence-electron chi connectivity index (χ4n) is 3.09. The Labute approximate surface area is 135 Å². The van der Waals surface area contributed by atoms with Gasteiger partial charge in [0.15, 0.2) is 0 Å². The summed E-state index contributed by atoms with van der Waals surface area (Å²) >= 11 is 0. The fourth-order valence-corrected chi connectivity index (χ4v) is 3.09. The van der Waals surface area contributed by atoms with Crippen LogP contribution in [0.5, 0.6) is 0 Å². The van der Waals surface area contributed by atoms with Crippen LogP contribution in [0, 0.1) is 5.92 Å². The number of anilines is 1. The summed E-state index contributed by atoms with van der Waals surface area (Å²) in [6, 6.07) is 5.35. The van der Waals surface area contributed by atoms with E-state index in [-0.39, 0.29) is 11.8 Å².